The van der Waals surface area contributed by atoms with Crippen LogP contribution in [-0.4, -0.2) is 16.4 Å². The minimum Gasteiger partial charge on any atom is -0.331 e. The molecule has 0 saturated heterocycles. The highest BCUT2D eigenvalue weighted by Gasteiger charge is 2.07. The van der Waals surface area contributed by atoms with Crippen LogP contribution in [0.3, 0.4) is 0 Å². The zero-order valence-corrected chi connectivity index (χ0v) is 13.0. The van der Waals surface area contributed by atoms with E-state index in [4.69, 9.17) is 0 Å². The van der Waals surface area contributed by atoms with Crippen LogP contribution in [0.15, 0.2) is 66.1 Å². The monoisotopic (exact) mass is 312 g/mol. The summed E-state index contributed by atoms with van der Waals surface area (Å²) in [6.45, 7) is 9.51. The van der Waals surface area contributed by atoms with Gasteiger partial charge in [0.05, 0.1) is 5.69 Å². The molecule has 0 aromatic carbocycles. The summed E-state index contributed by atoms with van der Waals surface area (Å²) in [5, 5.41) is 8.36. The number of nitrogens with one attached hydrogen (secondary N) is 2. The number of carbonyl (C=O) groups excluding carboxylic acids is 1. The Bertz CT molecular complexity index is 719. The van der Waals surface area contributed by atoms with Crippen LogP contribution in [0, 0.1) is 0 Å². The van der Waals surface area contributed by atoms with Gasteiger partial charge in [0.1, 0.15) is 0 Å². The summed E-state index contributed by atoms with van der Waals surface area (Å²) in [4.78, 5) is 19.0. The summed E-state index contributed by atoms with van der Waals surface area (Å²) in [5.74, 6) is 0. The number of pyridine rings is 1. The Kier molecular flexibility index (Phi) is 5.21. The van der Waals surface area contributed by atoms with Crippen molar-refractivity contribution in [1.29, 1.82) is 0 Å². The lowest BCUT2D eigenvalue weighted by atomic mass is 10.2. The summed E-state index contributed by atoms with van der Waals surface area (Å²) in [7, 11) is 0. The van der Waals surface area contributed by atoms with Crippen LogP contribution in [0.25, 0.3) is 11.3 Å². The number of amides is 1. The number of aromatic nitrogens is 2. The molecule has 0 aliphatic carbocycles. The van der Waals surface area contributed by atoms with Gasteiger partial charge in [0.15, 0.2) is 5.13 Å². The first-order chi connectivity index (χ1) is 10.6. The third kappa shape index (κ3) is 4.13. The van der Waals surface area contributed by atoms with E-state index in [1.165, 1.54) is 11.3 Å². The second kappa shape index (κ2) is 7.33. The van der Waals surface area contributed by atoms with E-state index < -0.39 is 0 Å². The van der Waals surface area contributed by atoms with E-state index >= 15 is 0 Å². The van der Waals surface area contributed by atoms with Crippen LogP contribution in [0.2, 0.25) is 0 Å². The zero-order chi connectivity index (χ0) is 15.9. The van der Waals surface area contributed by atoms with Crippen LogP contribution >= 0.6 is 11.3 Å². The highest BCUT2D eigenvalue weighted by atomic mass is 32.1. The summed E-state index contributed by atoms with van der Waals surface area (Å²) >= 11 is 1.48. The first kappa shape index (κ1) is 15.7. The van der Waals surface area contributed by atoms with Crippen molar-refractivity contribution in [2.45, 2.75) is 6.92 Å². The van der Waals surface area contributed by atoms with Crippen molar-refractivity contribution in [2.24, 2.45) is 0 Å². The number of hydrogen-bond acceptors (Lipinski definition) is 5. The first-order valence-corrected chi connectivity index (χ1v) is 7.37. The molecule has 2 aromatic heterocycles. The predicted octanol–water partition coefficient (Wildman–Crippen LogP) is 3.34. The zero-order valence-electron chi connectivity index (χ0n) is 12.2. The van der Waals surface area contributed by atoms with Crippen molar-refractivity contribution in [2.75, 3.05) is 5.32 Å². The molecule has 0 unspecified atom stereocenters. The van der Waals surface area contributed by atoms with Gasteiger partial charge in [0, 0.05) is 34.7 Å². The molecule has 5 nitrogen and oxygen atoms in total. The molecule has 0 aliphatic heterocycles. The van der Waals surface area contributed by atoms with Crippen LogP contribution in [0.4, 0.5) is 5.13 Å². The number of thiazole rings is 1. The molecule has 0 spiro atoms. The first-order valence-electron chi connectivity index (χ1n) is 6.49. The molecule has 0 fully saturated rings. The Hall–Kier alpha value is -2.73. The Morgan fingerprint density at radius 1 is 1.41 bits per heavy atom. The third-order valence-corrected chi connectivity index (χ3v) is 3.48. The van der Waals surface area contributed by atoms with E-state index in [9.17, 15) is 4.79 Å². The van der Waals surface area contributed by atoms with Crippen LogP contribution in [0.5, 0.6) is 0 Å². The van der Waals surface area contributed by atoms with Crippen molar-refractivity contribution in [3.8, 4) is 11.3 Å². The Morgan fingerprint density at radius 3 is 2.86 bits per heavy atom. The number of rotatable bonds is 7. The molecule has 22 heavy (non-hydrogen) atoms. The lowest BCUT2D eigenvalue weighted by molar-refractivity contribution is -0.108. The summed E-state index contributed by atoms with van der Waals surface area (Å²) in [6, 6.07) is 3.83. The van der Waals surface area contributed by atoms with Crippen molar-refractivity contribution < 1.29 is 4.79 Å². The lowest BCUT2D eigenvalue weighted by Crippen LogP contribution is -2.09. The van der Waals surface area contributed by atoms with E-state index in [1.807, 2.05) is 24.4 Å². The highest BCUT2D eigenvalue weighted by molar-refractivity contribution is 7.14. The summed E-state index contributed by atoms with van der Waals surface area (Å²) in [5.41, 5.74) is 3.84. The summed E-state index contributed by atoms with van der Waals surface area (Å²) in [6.07, 6.45) is 5.79. The van der Waals surface area contributed by atoms with E-state index in [2.05, 4.69) is 33.8 Å². The van der Waals surface area contributed by atoms with E-state index in [1.54, 1.807) is 18.5 Å². The fourth-order valence-corrected chi connectivity index (χ4v) is 2.38. The molecule has 0 atom stereocenters. The van der Waals surface area contributed by atoms with Gasteiger partial charge in [-0.1, -0.05) is 13.2 Å². The Morgan fingerprint density at radius 2 is 2.23 bits per heavy atom. The Balaban J connectivity index is 2.18. The van der Waals surface area contributed by atoms with Gasteiger partial charge in [0.2, 0.25) is 6.41 Å². The number of hydrogen-bond donors (Lipinski definition) is 2. The minimum atomic E-state index is 0.476. The van der Waals surface area contributed by atoms with Gasteiger partial charge >= 0.3 is 0 Å². The SMILES string of the molecule is C=C(/C=C(/Nc1nc(-c2cccnc2)cs1)C(=C)C)NC=O. The van der Waals surface area contributed by atoms with Gasteiger partial charge in [-0.2, -0.15) is 0 Å². The largest absolute Gasteiger partial charge is 0.331 e. The van der Waals surface area contributed by atoms with Gasteiger partial charge in [-0.15, -0.1) is 11.3 Å². The molecular formula is C16H16N4OS. The normalized spacial score (nSPS) is 10.9. The average Bonchev–Trinajstić information content (AvgIpc) is 2.96. The van der Waals surface area contributed by atoms with Crippen LogP contribution in [-0.2, 0) is 4.79 Å². The molecule has 2 N–H and O–H groups in total. The van der Waals surface area contributed by atoms with Gasteiger partial charge in [0.25, 0.3) is 0 Å². The Labute approximate surface area is 133 Å². The number of nitrogens with zero attached hydrogens (tertiary/aromatic N) is 2. The molecule has 6 heteroatoms. The van der Waals surface area contributed by atoms with Crippen LogP contribution in [0.1, 0.15) is 6.92 Å². The second-order valence-corrected chi connectivity index (χ2v) is 5.39. The van der Waals surface area contributed by atoms with E-state index in [0.29, 0.717) is 12.1 Å². The molecule has 2 heterocycles. The molecule has 1 amide bonds. The van der Waals surface area contributed by atoms with E-state index in [0.717, 1.165) is 27.7 Å². The smallest absolute Gasteiger partial charge is 0.211 e. The van der Waals surface area contributed by atoms with Crippen molar-refractivity contribution >= 4 is 22.9 Å². The van der Waals surface area contributed by atoms with Crippen molar-refractivity contribution in [3.05, 3.63) is 66.1 Å². The number of allylic oxidation sites excluding steroid dienone is 2. The van der Waals surface area contributed by atoms with Gasteiger partial charge in [-0.3, -0.25) is 9.78 Å². The quantitative estimate of drug-likeness (QED) is 0.608. The van der Waals surface area contributed by atoms with E-state index in [-0.39, 0.29) is 0 Å². The van der Waals surface area contributed by atoms with Gasteiger partial charge in [-0.25, -0.2) is 4.98 Å². The maximum Gasteiger partial charge on any atom is 0.211 e. The minimum absolute atomic E-state index is 0.476. The third-order valence-electron chi connectivity index (χ3n) is 2.73. The highest BCUT2D eigenvalue weighted by Crippen LogP contribution is 2.26. The molecule has 0 aliphatic rings. The molecule has 112 valence electrons. The topological polar surface area (TPSA) is 66.9 Å². The van der Waals surface area contributed by atoms with Crippen molar-refractivity contribution in [1.82, 2.24) is 15.3 Å². The van der Waals surface area contributed by atoms with Crippen molar-refractivity contribution in [3.63, 3.8) is 0 Å². The summed E-state index contributed by atoms with van der Waals surface area (Å²) < 4.78 is 0. The van der Waals surface area contributed by atoms with Gasteiger partial charge < -0.3 is 10.6 Å². The van der Waals surface area contributed by atoms with Gasteiger partial charge in [-0.05, 0) is 30.7 Å². The van der Waals surface area contributed by atoms with Crippen LogP contribution < -0.4 is 10.6 Å². The molecule has 0 bridgehead atoms. The standard InChI is InChI=1S/C16H16N4OS/c1-11(2)14(7-12(3)18-10-21)19-16-20-15(9-22-16)13-5-4-6-17-8-13/h4-10H,1,3H2,2H3,(H,18,21)(H,19,20)/b14-7+. The molecule has 2 rings (SSSR count). The fraction of sp³-hybridized carbons (Fsp3) is 0.0625. The predicted molar refractivity (Wildman–Crippen MR) is 90.2 cm³/mol. The molecule has 0 saturated carbocycles. The average molecular weight is 312 g/mol. The molecule has 0 radical (unpaired) electrons. The maximum absolute atomic E-state index is 10.4. The number of carbonyl (C=O) groups is 1. The maximum atomic E-state index is 10.4. The number of anilines is 1. The molecule has 2 aromatic rings. The second-order valence-electron chi connectivity index (χ2n) is 4.53. The fourth-order valence-electron chi connectivity index (χ4n) is 1.65. The lowest BCUT2D eigenvalue weighted by Gasteiger charge is -2.09. The molecular weight excluding hydrogens is 296 g/mol.